The van der Waals surface area contributed by atoms with Crippen LogP contribution < -0.4 is 10.4 Å². The summed E-state index contributed by atoms with van der Waals surface area (Å²) in [6, 6.07) is 3.53. The Morgan fingerprint density at radius 3 is 2.58 bits per heavy atom. The number of hydrogen-bond acceptors (Lipinski definition) is 3. The third kappa shape index (κ3) is 1.86. The van der Waals surface area contributed by atoms with E-state index >= 15 is 0 Å². The van der Waals surface area contributed by atoms with Crippen molar-refractivity contribution in [1.29, 1.82) is 0 Å². The summed E-state index contributed by atoms with van der Waals surface area (Å²) in [6.07, 6.45) is 3.97. The summed E-state index contributed by atoms with van der Waals surface area (Å²) in [4.78, 5) is 11.6. The van der Waals surface area contributed by atoms with Crippen LogP contribution in [0.2, 0.25) is 0 Å². The number of ether oxygens (including phenoxy) is 1. The molecule has 0 N–H and O–H groups in total. The Balaban J connectivity index is 2.44. The molecule has 0 atom stereocenters. The first-order valence-electron chi connectivity index (χ1n) is 6.34. The average Bonchev–Trinajstić information content (AvgIpc) is 2.30. The van der Waals surface area contributed by atoms with Gasteiger partial charge in [-0.15, -0.1) is 0 Å². The fourth-order valence-electron chi connectivity index (χ4n) is 2.46. The van der Waals surface area contributed by atoms with E-state index in [1.54, 1.807) is 0 Å². The summed E-state index contributed by atoms with van der Waals surface area (Å²) in [5, 5.41) is 0.962. The van der Waals surface area contributed by atoms with Crippen LogP contribution in [0.3, 0.4) is 0 Å². The molecule has 19 heavy (non-hydrogen) atoms. The molecule has 1 aromatic heterocycles. The maximum Gasteiger partial charge on any atom is 0.336 e. The monoisotopic (exact) mass is 256 g/mol. The second kappa shape index (κ2) is 3.73. The average molecular weight is 256 g/mol. The van der Waals surface area contributed by atoms with E-state index in [-0.39, 0.29) is 11.2 Å². The maximum absolute atomic E-state index is 11.6. The van der Waals surface area contributed by atoms with Gasteiger partial charge in [-0.3, -0.25) is 0 Å². The molecule has 0 spiro atoms. The molecule has 3 heteroatoms. The Bertz CT molecular complexity index is 764. The van der Waals surface area contributed by atoms with Gasteiger partial charge in [0.1, 0.15) is 16.9 Å². The minimum absolute atomic E-state index is 0.325. The van der Waals surface area contributed by atoms with E-state index < -0.39 is 0 Å². The van der Waals surface area contributed by atoms with Gasteiger partial charge in [0.05, 0.1) is 5.56 Å². The SMILES string of the molecule is Cc1cc2c(C)cc(=O)oc2c2c1OC(C)(C)C=C2. The van der Waals surface area contributed by atoms with Crippen LogP contribution in [-0.4, -0.2) is 5.60 Å². The Kier molecular flexibility index (Phi) is 2.36. The Morgan fingerprint density at radius 1 is 1.11 bits per heavy atom. The Hall–Kier alpha value is -2.03. The van der Waals surface area contributed by atoms with Gasteiger partial charge in [0, 0.05) is 11.5 Å². The lowest BCUT2D eigenvalue weighted by atomic mass is 9.97. The lowest BCUT2D eigenvalue weighted by Gasteiger charge is -2.29. The lowest BCUT2D eigenvalue weighted by Crippen LogP contribution is -2.28. The van der Waals surface area contributed by atoms with E-state index in [2.05, 4.69) is 0 Å². The van der Waals surface area contributed by atoms with Gasteiger partial charge in [-0.1, -0.05) is 0 Å². The highest BCUT2D eigenvalue weighted by Crippen LogP contribution is 2.39. The van der Waals surface area contributed by atoms with E-state index in [1.165, 1.54) is 6.07 Å². The van der Waals surface area contributed by atoms with Gasteiger partial charge in [-0.05, 0) is 57.0 Å². The Labute approximate surface area is 111 Å². The second-order valence-corrected chi connectivity index (χ2v) is 5.60. The van der Waals surface area contributed by atoms with Crippen LogP contribution in [-0.2, 0) is 0 Å². The summed E-state index contributed by atoms with van der Waals surface area (Å²) < 4.78 is 11.4. The third-order valence-electron chi connectivity index (χ3n) is 3.43. The molecule has 0 unspecified atom stereocenters. The van der Waals surface area contributed by atoms with Gasteiger partial charge in [0.15, 0.2) is 0 Å². The summed E-state index contributed by atoms with van der Waals surface area (Å²) in [5.74, 6) is 0.800. The van der Waals surface area contributed by atoms with Crippen molar-refractivity contribution in [3.63, 3.8) is 0 Å². The topological polar surface area (TPSA) is 39.4 Å². The summed E-state index contributed by atoms with van der Waals surface area (Å²) in [5.41, 5.74) is 2.78. The number of fused-ring (bicyclic) bond motifs is 3. The Morgan fingerprint density at radius 2 is 1.84 bits per heavy atom. The highest BCUT2D eigenvalue weighted by molar-refractivity contribution is 5.92. The minimum atomic E-state index is -0.338. The molecule has 3 nitrogen and oxygen atoms in total. The number of hydrogen-bond donors (Lipinski definition) is 0. The maximum atomic E-state index is 11.6. The zero-order chi connectivity index (χ0) is 13.8. The zero-order valence-corrected chi connectivity index (χ0v) is 11.5. The van der Waals surface area contributed by atoms with Gasteiger partial charge in [-0.2, -0.15) is 0 Å². The molecular formula is C16H16O3. The standard InChI is InChI=1S/C16H16O3/c1-9-8-13(17)18-15-11-5-6-16(3,4)19-14(11)10(2)7-12(9)15/h5-8H,1-4H3. The van der Waals surface area contributed by atoms with Gasteiger partial charge < -0.3 is 9.15 Å². The predicted octanol–water partition coefficient (Wildman–Crippen LogP) is 3.59. The van der Waals surface area contributed by atoms with Crippen LogP contribution in [0.25, 0.3) is 17.0 Å². The van der Waals surface area contributed by atoms with Crippen LogP contribution in [0.4, 0.5) is 0 Å². The van der Waals surface area contributed by atoms with Crippen molar-refractivity contribution in [2.24, 2.45) is 0 Å². The molecule has 0 saturated carbocycles. The van der Waals surface area contributed by atoms with Crippen molar-refractivity contribution < 1.29 is 9.15 Å². The van der Waals surface area contributed by atoms with E-state index in [0.29, 0.717) is 5.58 Å². The summed E-state index contributed by atoms with van der Waals surface area (Å²) in [7, 11) is 0. The first kappa shape index (κ1) is 12.0. The van der Waals surface area contributed by atoms with Gasteiger partial charge >= 0.3 is 5.63 Å². The molecular weight excluding hydrogens is 240 g/mol. The van der Waals surface area contributed by atoms with Crippen LogP contribution >= 0.6 is 0 Å². The molecule has 2 heterocycles. The van der Waals surface area contributed by atoms with Gasteiger partial charge in [0.2, 0.25) is 0 Å². The largest absolute Gasteiger partial charge is 0.483 e. The van der Waals surface area contributed by atoms with E-state index in [4.69, 9.17) is 9.15 Å². The molecule has 0 fully saturated rings. The fourth-order valence-corrected chi connectivity index (χ4v) is 2.46. The minimum Gasteiger partial charge on any atom is -0.483 e. The van der Waals surface area contributed by atoms with Crippen LogP contribution in [0.15, 0.2) is 27.4 Å². The molecule has 1 aliphatic heterocycles. The fraction of sp³-hybridized carbons (Fsp3) is 0.312. The van der Waals surface area contributed by atoms with E-state index in [0.717, 1.165) is 27.8 Å². The third-order valence-corrected chi connectivity index (χ3v) is 3.43. The smallest absolute Gasteiger partial charge is 0.336 e. The second-order valence-electron chi connectivity index (χ2n) is 5.60. The van der Waals surface area contributed by atoms with Crippen molar-refractivity contribution >= 4 is 17.0 Å². The normalized spacial score (nSPS) is 16.2. The predicted molar refractivity (Wildman–Crippen MR) is 75.7 cm³/mol. The molecule has 0 saturated heterocycles. The molecule has 0 bridgehead atoms. The molecule has 2 aromatic rings. The summed E-state index contributed by atoms with van der Waals surface area (Å²) in [6.45, 7) is 7.94. The molecule has 1 aliphatic rings. The van der Waals surface area contributed by atoms with Crippen LogP contribution in [0, 0.1) is 13.8 Å². The first-order valence-corrected chi connectivity index (χ1v) is 6.34. The quantitative estimate of drug-likeness (QED) is 0.676. The molecule has 0 aliphatic carbocycles. The number of benzene rings is 1. The van der Waals surface area contributed by atoms with Crippen molar-refractivity contribution in [2.75, 3.05) is 0 Å². The molecule has 3 rings (SSSR count). The van der Waals surface area contributed by atoms with Crippen molar-refractivity contribution in [3.05, 3.63) is 45.3 Å². The van der Waals surface area contributed by atoms with Crippen molar-refractivity contribution in [3.8, 4) is 5.75 Å². The van der Waals surface area contributed by atoms with Crippen LogP contribution in [0.5, 0.6) is 5.75 Å². The number of aryl methyl sites for hydroxylation is 2. The van der Waals surface area contributed by atoms with E-state index in [9.17, 15) is 4.79 Å². The molecule has 0 amide bonds. The first-order chi connectivity index (χ1) is 8.87. The van der Waals surface area contributed by atoms with E-state index in [1.807, 2.05) is 45.9 Å². The highest BCUT2D eigenvalue weighted by Gasteiger charge is 2.25. The van der Waals surface area contributed by atoms with Gasteiger partial charge in [0.25, 0.3) is 0 Å². The molecule has 0 radical (unpaired) electrons. The van der Waals surface area contributed by atoms with Crippen molar-refractivity contribution in [2.45, 2.75) is 33.3 Å². The molecule has 1 aromatic carbocycles. The summed E-state index contributed by atoms with van der Waals surface area (Å²) >= 11 is 0. The highest BCUT2D eigenvalue weighted by atomic mass is 16.5. The van der Waals surface area contributed by atoms with Crippen molar-refractivity contribution in [1.82, 2.24) is 0 Å². The van der Waals surface area contributed by atoms with Crippen LogP contribution in [0.1, 0.15) is 30.5 Å². The van der Waals surface area contributed by atoms with Gasteiger partial charge in [-0.25, -0.2) is 4.79 Å². The molecule has 98 valence electrons. The lowest BCUT2D eigenvalue weighted by molar-refractivity contribution is 0.158. The zero-order valence-electron chi connectivity index (χ0n) is 11.5. The number of rotatable bonds is 0.